The second-order valence-corrected chi connectivity index (χ2v) is 10.6. The van der Waals surface area contributed by atoms with Crippen LogP contribution in [-0.2, 0) is 19.3 Å². The number of ketones is 1. The molecule has 3 aromatic carbocycles. The molecule has 0 amide bonds. The van der Waals surface area contributed by atoms with Crippen LogP contribution >= 0.6 is 0 Å². The summed E-state index contributed by atoms with van der Waals surface area (Å²) in [5.41, 5.74) is 8.43. The Bertz CT molecular complexity index is 1270. The zero-order chi connectivity index (χ0) is 23.8. The summed E-state index contributed by atoms with van der Waals surface area (Å²) in [6.07, 6.45) is 10.0. The maximum absolute atomic E-state index is 13.4. The minimum absolute atomic E-state index is 0.118. The van der Waals surface area contributed by atoms with E-state index in [1.54, 1.807) is 0 Å². The highest BCUT2D eigenvalue weighted by Crippen LogP contribution is 2.50. The predicted molar refractivity (Wildman–Crippen MR) is 142 cm³/mol. The van der Waals surface area contributed by atoms with Gasteiger partial charge in [-0.1, -0.05) is 67.9 Å². The van der Waals surface area contributed by atoms with Gasteiger partial charge in [0.15, 0.2) is 5.78 Å². The van der Waals surface area contributed by atoms with Crippen LogP contribution in [-0.4, -0.2) is 12.4 Å². The number of fused-ring (bicyclic) bond motifs is 4. The second-order valence-electron chi connectivity index (χ2n) is 10.6. The molecule has 2 aliphatic carbocycles. The number of ether oxygens (including phenoxy) is 1. The summed E-state index contributed by atoms with van der Waals surface area (Å²) >= 11 is 0. The third kappa shape index (κ3) is 4.35. The number of hydrogen-bond donors (Lipinski definition) is 0. The minimum atomic E-state index is 0.118. The molecule has 0 N–H and O–H groups in total. The molecule has 3 unspecified atom stereocenters. The smallest absolute Gasteiger partial charge is 0.192 e. The van der Waals surface area contributed by atoms with E-state index in [0.717, 1.165) is 35.1 Å². The van der Waals surface area contributed by atoms with Crippen molar-refractivity contribution in [1.29, 1.82) is 0 Å². The molecule has 3 aliphatic rings. The molecular formula is C33H34O2. The molecule has 178 valence electrons. The first kappa shape index (κ1) is 22.3. The molecule has 0 aromatic heterocycles. The molecule has 1 saturated carbocycles. The summed E-state index contributed by atoms with van der Waals surface area (Å²) in [4.78, 5) is 13.4. The fraction of sp³-hybridized carbons (Fsp3) is 0.364. The van der Waals surface area contributed by atoms with Crippen LogP contribution in [0.1, 0.15) is 76.7 Å². The first-order valence-corrected chi connectivity index (χ1v) is 13.4. The molecule has 0 spiro atoms. The molecule has 0 bridgehead atoms. The van der Waals surface area contributed by atoms with Crippen LogP contribution in [0.2, 0.25) is 0 Å². The van der Waals surface area contributed by atoms with E-state index in [1.807, 2.05) is 12.1 Å². The van der Waals surface area contributed by atoms with Crippen LogP contribution in [0.3, 0.4) is 0 Å². The van der Waals surface area contributed by atoms with Crippen LogP contribution in [0, 0.1) is 11.8 Å². The topological polar surface area (TPSA) is 26.3 Å². The Morgan fingerprint density at radius 1 is 0.971 bits per heavy atom. The van der Waals surface area contributed by atoms with E-state index >= 15 is 0 Å². The summed E-state index contributed by atoms with van der Waals surface area (Å²) in [7, 11) is 0. The van der Waals surface area contributed by atoms with Crippen molar-refractivity contribution < 1.29 is 9.53 Å². The number of hydrogen-bond acceptors (Lipinski definition) is 2. The van der Waals surface area contributed by atoms with E-state index in [2.05, 4.69) is 67.6 Å². The van der Waals surface area contributed by atoms with Gasteiger partial charge in [-0.05, 0) is 95.9 Å². The van der Waals surface area contributed by atoms with Crippen molar-refractivity contribution in [2.24, 2.45) is 11.8 Å². The molecule has 3 aromatic rings. The van der Waals surface area contributed by atoms with E-state index in [0.29, 0.717) is 24.5 Å². The van der Waals surface area contributed by atoms with E-state index < -0.39 is 0 Å². The minimum Gasteiger partial charge on any atom is -0.492 e. The normalized spacial score (nSPS) is 24.3. The van der Waals surface area contributed by atoms with Gasteiger partial charge in [0.25, 0.3) is 0 Å². The van der Waals surface area contributed by atoms with E-state index in [1.165, 1.54) is 54.4 Å². The van der Waals surface area contributed by atoms with Crippen LogP contribution in [0.15, 0.2) is 72.3 Å². The Morgan fingerprint density at radius 2 is 1.86 bits per heavy atom. The van der Waals surface area contributed by atoms with Gasteiger partial charge in [-0.3, -0.25) is 4.79 Å². The lowest BCUT2D eigenvalue weighted by molar-refractivity contribution is 0.103. The monoisotopic (exact) mass is 462 g/mol. The SMILES string of the molecule is CCc1ccc2c(c1)C(=O)C(=Cc1ccc3c(c1)C1CCCC1C(Cc1ccccc1)C3)CCO2. The molecule has 6 rings (SSSR count). The number of benzene rings is 3. The largest absolute Gasteiger partial charge is 0.492 e. The fourth-order valence-corrected chi connectivity index (χ4v) is 6.74. The van der Waals surface area contributed by atoms with Crippen molar-refractivity contribution in [2.45, 2.75) is 57.8 Å². The van der Waals surface area contributed by atoms with Gasteiger partial charge in [0.2, 0.25) is 0 Å². The van der Waals surface area contributed by atoms with E-state index in [4.69, 9.17) is 4.74 Å². The van der Waals surface area contributed by atoms with Crippen molar-refractivity contribution in [3.63, 3.8) is 0 Å². The van der Waals surface area contributed by atoms with Crippen LogP contribution in [0.25, 0.3) is 6.08 Å². The van der Waals surface area contributed by atoms with Gasteiger partial charge < -0.3 is 4.74 Å². The maximum Gasteiger partial charge on any atom is 0.192 e. The summed E-state index contributed by atoms with van der Waals surface area (Å²) in [5.74, 6) is 3.00. The van der Waals surface area contributed by atoms with Crippen LogP contribution in [0.5, 0.6) is 5.75 Å². The number of carbonyl (C=O) groups is 1. The van der Waals surface area contributed by atoms with Gasteiger partial charge in [-0.15, -0.1) is 0 Å². The summed E-state index contributed by atoms with van der Waals surface area (Å²) in [6, 6.07) is 24.0. The van der Waals surface area contributed by atoms with Gasteiger partial charge in [0, 0.05) is 12.0 Å². The average Bonchev–Trinajstić information content (AvgIpc) is 3.34. The van der Waals surface area contributed by atoms with Gasteiger partial charge in [-0.2, -0.15) is 0 Å². The number of carbonyl (C=O) groups excluding carboxylic acids is 1. The van der Waals surface area contributed by atoms with Crippen LogP contribution < -0.4 is 4.74 Å². The molecule has 1 fully saturated rings. The summed E-state index contributed by atoms with van der Waals surface area (Å²) < 4.78 is 5.93. The second kappa shape index (κ2) is 9.49. The number of Topliss-reactive ketones (excluding diaryl/α,β-unsaturated/α-hetero) is 1. The average molecular weight is 463 g/mol. The van der Waals surface area contributed by atoms with Crippen molar-refractivity contribution in [1.82, 2.24) is 0 Å². The molecule has 35 heavy (non-hydrogen) atoms. The van der Waals surface area contributed by atoms with Crippen molar-refractivity contribution in [3.05, 3.63) is 106 Å². The lowest BCUT2D eigenvalue weighted by Crippen LogP contribution is -2.28. The molecular weight excluding hydrogens is 428 g/mol. The summed E-state index contributed by atoms with van der Waals surface area (Å²) in [5, 5.41) is 0. The Hall–Kier alpha value is -3.13. The van der Waals surface area contributed by atoms with Gasteiger partial charge in [0.1, 0.15) is 5.75 Å². The Morgan fingerprint density at radius 3 is 2.71 bits per heavy atom. The first-order chi connectivity index (χ1) is 17.2. The highest BCUT2D eigenvalue weighted by atomic mass is 16.5. The molecule has 0 radical (unpaired) electrons. The highest BCUT2D eigenvalue weighted by Gasteiger charge is 2.39. The third-order valence-electron chi connectivity index (χ3n) is 8.53. The predicted octanol–water partition coefficient (Wildman–Crippen LogP) is 7.60. The molecule has 0 saturated heterocycles. The Labute approximate surface area is 209 Å². The van der Waals surface area contributed by atoms with Gasteiger partial charge >= 0.3 is 0 Å². The number of aryl methyl sites for hydroxylation is 1. The maximum atomic E-state index is 13.4. The zero-order valence-electron chi connectivity index (χ0n) is 20.6. The van der Waals surface area contributed by atoms with Gasteiger partial charge in [-0.25, -0.2) is 0 Å². The molecule has 3 atom stereocenters. The van der Waals surface area contributed by atoms with Crippen molar-refractivity contribution in [3.8, 4) is 5.75 Å². The molecule has 2 nitrogen and oxygen atoms in total. The molecule has 2 heteroatoms. The Balaban J connectivity index is 1.30. The van der Waals surface area contributed by atoms with E-state index in [-0.39, 0.29) is 5.78 Å². The standard InChI is InChI=1S/C33H34O2/c1-2-22-12-14-32-31(19-22)33(34)26(15-16-35-32)18-24-11-13-25-21-27(17-23-7-4-3-5-8-23)28-9-6-10-29(28)30(25)20-24/h3-5,7-8,11-14,18-20,27-29H,2,6,9-10,15-17,21H2,1H3. The lowest BCUT2D eigenvalue weighted by atomic mass is 9.68. The first-order valence-electron chi connectivity index (χ1n) is 13.4. The zero-order valence-corrected chi connectivity index (χ0v) is 20.6. The highest BCUT2D eigenvalue weighted by molar-refractivity contribution is 6.13. The molecule has 1 aliphatic heterocycles. The summed E-state index contributed by atoms with van der Waals surface area (Å²) in [6.45, 7) is 2.67. The molecule has 1 heterocycles. The number of rotatable bonds is 4. The third-order valence-corrected chi connectivity index (χ3v) is 8.53. The quantitative estimate of drug-likeness (QED) is 0.373. The van der Waals surface area contributed by atoms with Crippen molar-refractivity contribution >= 4 is 11.9 Å². The van der Waals surface area contributed by atoms with Gasteiger partial charge in [0.05, 0.1) is 12.2 Å². The Kier molecular flexibility index (Phi) is 6.06. The fourth-order valence-electron chi connectivity index (χ4n) is 6.74. The van der Waals surface area contributed by atoms with Crippen LogP contribution in [0.4, 0.5) is 0 Å². The lowest BCUT2D eigenvalue weighted by Gasteiger charge is -2.36. The van der Waals surface area contributed by atoms with E-state index in [9.17, 15) is 4.79 Å². The van der Waals surface area contributed by atoms with Crippen molar-refractivity contribution in [2.75, 3.05) is 6.61 Å².